The van der Waals surface area contributed by atoms with Crippen molar-refractivity contribution < 1.29 is 4.74 Å². The predicted molar refractivity (Wildman–Crippen MR) is 93.1 cm³/mol. The van der Waals surface area contributed by atoms with Gasteiger partial charge in [-0.15, -0.1) is 0 Å². The second-order valence-corrected chi connectivity index (χ2v) is 6.11. The number of hydrogen-bond acceptors (Lipinski definition) is 5. The number of morpholine rings is 1. The van der Waals surface area contributed by atoms with Crippen molar-refractivity contribution in [1.82, 2.24) is 9.97 Å². The molecule has 0 atom stereocenters. The molecule has 5 nitrogen and oxygen atoms in total. The molecule has 1 aliphatic rings. The largest absolute Gasteiger partial charge is 0.378 e. The van der Waals surface area contributed by atoms with E-state index in [0.717, 1.165) is 44.5 Å². The van der Waals surface area contributed by atoms with Gasteiger partial charge < -0.3 is 14.5 Å². The van der Waals surface area contributed by atoms with Crippen LogP contribution in [-0.2, 0) is 11.3 Å². The van der Waals surface area contributed by atoms with Crippen LogP contribution in [0.25, 0.3) is 0 Å². The maximum atomic E-state index is 5.40. The maximum Gasteiger partial charge on any atom is 0.134 e. The minimum absolute atomic E-state index is 0.762. The van der Waals surface area contributed by atoms with E-state index in [0.29, 0.717) is 0 Å². The van der Waals surface area contributed by atoms with Crippen molar-refractivity contribution in [2.24, 2.45) is 0 Å². The summed E-state index contributed by atoms with van der Waals surface area (Å²) in [5, 5.41) is 0. The molecule has 0 amide bonds. The Balaban J connectivity index is 1.73. The molecule has 0 spiro atoms. The van der Waals surface area contributed by atoms with Gasteiger partial charge in [0.2, 0.25) is 0 Å². The van der Waals surface area contributed by atoms with Crippen LogP contribution in [0.1, 0.15) is 16.7 Å². The molecule has 1 aromatic carbocycles. The van der Waals surface area contributed by atoms with Crippen LogP contribution in [0.15, 0.2) is 30.6 Å². The SMILES string of the molecule is Cc1ccc(CN(C)c2cc(N3CCOCC3)ncn2)cc1C. The number of benzene rings is 1. The molecule has 0 bridgehead atoms. The van der Waals surface area contributed by atoms with Crippen molar-refractivity contribution in [1.29, 1.82) is 0 Å². The number of hydrogen-bond donors (Lipinski definition) is 0. The molecule has 3 rings (SSSR count). The van der Waals surface area contributed by atoms with Crippen LogP contribution < -0.4 is 9.80 Å². The smallest absolute Gasteiger partial charge is 0.134 e. The van der Waals surface area contributed by atoms with Crippen LogP contribution in [0, 0.1) is 13.8 Å². The fourth-order valence-electron chi connectivity index (χ4n) is 2.77. The normalized spacial score (nSPS) is 14.8. The van der Waals surface area contributed by atoms with Crippen molar-refractivity contribution >= 4 is 11.6 Å². The number of aromatic nitrogens is 2. The number of nitrogens with zero attached hydrogens (tertiary/aromatic N) is 4. The molecule has 0 saturated carbocycles. The zero-order valence-corrected chi connectivity index (χ0v) is 14.1. The van der Waals surface area contributed by atoms with Gasteiger partial charge in [0.1, 0.15) is 18.0 Å². The van der Waals surface area contributed by atoms with Crippen LogP contribution in [0.5, 0.6) is 0 Å². The maximum absolute atomic E-state index is 5.40. The van der Waals surface area contributed by atoms with Crippen LogP contribution in [0.4, 0.5) is 11.6 Å². The summed E-state index contributed by atoms with van der Waals surface area (Å²) in [6.07, 6.45) is 1.65. The molecular formula is C18H24N4O. The van der Waals surface area contributed by atoms with Crippen molar-refractivity contribution in [3.05, 3.63) is 47.3 Å². The van der Waals surface area contributed by atoms with Gasteiger partial charge in [-0.05, 0) is 30.5 Å². The van der Waals surface area contributed by atoms with Gasteiger partial charge in [-0.1, -0.05) is 18.2 Å². The summed E-state index contributed by atoms with van der Waals surface area (Å²) < 4.78 is 5.40. The highest BCUT2D eigenvalue weighted by Crippen LogP contribution is 2.20. The van der Waals surface area contributed by atoms with E-state index in [-0.39, 0.29) is 0 Å². The molecule has 2 aromatic rings. The Morgan fingerprint density at radius 1 is 1.09 bits per heavy atom. The van der Waals surface area contributed by atoms with Gasteiger partial charge in [0.25, 0.3) is 0 Å². The van der Waals surface area contributed by atoms with E-state index in [4.69, 9.17) is 4.74 Å². The highest BCUT2D eigenvalue weighted by Gasteiger charge is 2.14. The second kappa shape index (κ2) is 6.96. The molecule has 5 heteroatoms. The summed E-state index contributed by atoms with van der Waals surface area (Å²) in [5.74, 6) is 1.92. The molecule has 1 saturated heterocycles. The average molecular weight is 312 g/mol. The molecule has 0 radical (unpaired) electrons. The molecule has 1 aromatic heterocycles. The standard InChI is InChI=1S/C18H24N4O/c1-14-4-5-16(10-15(14)2)12-21(3)17-11-18(20-13-19-17)22-6-8-23-9-7-22/h4-5,10-11,13H,6-9,12H2,1-3H3. The number of rotatable bonds is 4. The lowest BCUT2D eigenvalue weighted by Crippen LogP contribution is -2.36. The van der Waals surface area contributed by atoms with E-state index in [1.165, 1.54) is 16.7 Å². The highest BCUT2D eigenvalue weighted by atomic mass is 16.5. The minimum Gasteiger partial charge on any atom is -0.378 e. The van der Waals surface area contributed by atoms with Crippen LogP contribution in [0.2, 0.25) is 0 Å². The summed E-state index contributed by atoms with van der Waals surface area (Å²) in [6, 6.07) is 8.67. The molecule has 0 unspecified atom stereocenters. The quantitative estimate of drug-likeness (QED) is 0.868. The zero-order chi connectivity index (χ0) is 16.2. The number of aryl methyl sites for hydroxylation is 2. The summed E-state index contributed by atoms with van der Waals surface area (Å²) in [7, 11) is 2.07. The van der Waals surface area contributed by atoms with Gasteiger partial charge in [-0.2, -0.15) is 0 Å². The first kappa shape index (κ1) is 15.7. The Morgan fingerprint density at radius 2 is 1.87 bits per heavy atom. The fraction of sp³-hybridized carbons (Fsp3) is 0.444. The first-order valence-corrected chi connectivity index (χ1v) is 8.05. The lowest BCUT2D eigenvalue weighted by atomic mass is 10.1. The molecule has 2 heterocycles. The van der Waals surface area contributed by atoms with Gasteiger partial charge >= 0.3 is 0 Å². The van der Waals surface area contributed by atoms with Crippen molar-refractivity contribution in [2.45, 2.75) is 20.4 Å². The molecule has 23 heavy (non-hydrogen) atoms. The number of ether oxygens (including phenoxy) is 1. The Bertz CT molecular complexity index is 668. The third-order valence-corrected chi connectivity index (χ3v) is 4.36. The van der Waals surface area contributed by atoms with E-state index < -0.39 is 0 Å². The van der Waals surface area contributed by atoms with Crippen LogP contribution in [0.3, 0.4) is 0 Å². The Morgan fingerprint density at radius 3 is 2.61 bits per heavy atom. The predicted octanol–water partition coefficient (Wildman–Crippen LogP) is 2.57. The molecule has 0 aliphatic carbocycles. The Labute approximate surface area is 137 Å². The van der Waals surface area contributed by atoms with Gasteiger partial charge in [0.05, 0.1) is 13.2 Å². The molecule has 122 valence electrons. The average Bonchev–Trinajstić information content (AvgIpc) is 2.59. The lowest BCUT2D eigenvalue weighted by molar-refractivity contribution is 0.122. The van der Waals surface area contributed by atoms with Gasteiger partial charge in [0, 0.05) is 32.7 Å². The van der Waals surface area contributed by atoms with Crippen molar-refractivity contribution in [3.63, 3.8) is 0 Å². The van der Waals surface area contributed by atoms with Crippen LogP contribution in [-0.4, -0.2) is 43.3 Å². The zero-order valence-electron chi connectivity index (χ0n) is 14.1. The Kier molecular flexibility index (Phi) is 4.76. The lowest BCUT2D eigenvalue weighted by Gasteiger charge is -2.28. The number of anilines is 2. The van der Waals surface area contributed by atoms with Gasteiger partial charge in [0.15, 0.2) is 0 Å². The summed E-state index contributed by atoms with van der Waals surface area (Å²) in [6.45, 7) is 8.42. The van der Waals surface area contributed by atoms with E-state index >= 15 is 0 Å². The van der Waals surface area contributed by atoms with E-state index in [9.17, 15) is 0 Å². The summed E-state index contributed by atoms with van der Waals surface area (Å²) >= 11 is 0. The molecule has 1 aliphatic heterocycles. The van der Waals surface area contributed by atoms with E-state index in [1.54, 1.807) is 6.33 Å². The first-order chi connectivity index (χ1) is 11.1. The van der Waals surface area contributed by atoms with E-state index in [1.807, 2.05) is 0 Å². The monoisotopic (exact) mass is 312 g/mol. The molecule has 0 N–H and O–H groups in total. The van der Waals surface area contributed by atoms with Gasteiger partial charge in [-0.3, -0.25) is 0 Å². The fourth-order valence-corrected chi connectivity index (χ4v) is 2.77. The van der Waals surface area contributed by atoms with Crippen molar-refractivity contribution in [2.75, 3.05) is 43.2 Å². The van der Waals surface area contributed by atoms with Crippen LogP contribution >= 0.6 is 0 Å². The van der Waals surface area contributed by atoms with Gasteiger partial charge in [-0.25, -0.2) is 9.97 Å². The first-order valence-electron chi connectivity index (χ1n) is 8.05. The third-order valence-electron chi connectivity index (χ3n) is 4.36. The Hall–Kier alpha value is -2.14. The summed E-state index contributed by atoms with van der Waals surface area (Å²) in [5.41, 5.74) is 3.95. The minimum atomic E-state index is 0.762. The highest BCUT2D eigenvalue weighted by molar-refractivity contribution is 5.50. The molecular weight excluding hydrogens is 288 g/mol. The molecule has 1 fully saturated rings. The second-order valence-electron chi connectivity index (χ2n) is 6.11. The van der Waals surface area contributed by atoms with E-state index in [2.05, 4.69) is 64.9 Å². The third kappa shape index (κ3) is 3.79. The topological polar surface area (TPSA) is 41.5 Å². The summed E-state index contributed by atoms with van der Waals surface area (Å²) in [4.78, 5) is 13.2. The van der Waals surface area contributed by atoms with Crippen molar-refractivity contribution in [3.8, 4) is 0 Å².